The Kier molecular flexibility index (Phi) is 5.01. The first-order valence-electron chi connectivity index (χ1n) is 7.28. The SMILES string of the molecule is COc1cc(C[NH+]2CCC[C@@H](C)C2)c([N+](=O)[O-])cc1OC. The second-order valence-electron chi connectivity index (χ2n) is 5.72. The summed E-state index contributed by atoms with van der Waals surface area (Å²) in [5.41, 5.74) is 0.820. The lowest BCUT2D eigenvalue weighted by Crippen LogP contribution is -3.12. The van der Waals surface area contributed by atoms with Crippen molar-refractivity contribution >= 4 is 5.69 Å². The number of benzene rings is 1. The molecule has 0 aliphatic carbocycles. The third-order valence-corrected chi connectivity index (χ3v) is 4.09. The fourth-order valence-electron chi connectivity index (χ4n) is 3.05. The number of hydrogen-bond acceptors (Lipinski definition) is 4. The summed E-state index contributed by atoms with van der Waals surface area (Å²) in [6.07, 6.45) is 2.43. The predicted molar refractivity (Wildman–Crippen MR) is 79.0 cm³/mol. The van der Waals surface area contributed by atoms with Gasteiger partial charge in [0.05, 0.1) is 43.9 Å². The van der Waals surface area contributed by atoms with Gasteiger partial charge in [-0.05, 0) is 18.9 Å². The molecule has 6 nitrogen and oxygen atoms in total. The van der Waals surface area contributed by atoms with Crippen molar-refractivity contribution in [3.05, 3.63) is 27.8 Å². The molecule has 1 aliphatic rings. The van der Waals surface area contributed by atoms with Crippen LogP contribution in [0, 0.1) is 16.0 Å². The minimum atomic E-state index is -0.343. The smallest absolute Gasteiger partial charge is 0.282 e. The molecule has 1 unspecified atom stereocenters. The first-order valence-corrected chi connectivity index (χ1v) is 7.28. The molecule has 21 heavy (non-hydrogen) atoms. The first-order chi connectivity index (χ1) is 10.0. The largest absolute Gasteiger partial charge is 0.493 e. The van der Waals surface area contributed by atoms with E-state index in [4.69, 9.17) is 9.47 Å². The molecule has 0 aromatic heterocycles. The zero-order chi connectivity index (χ0) is 15.4. The van der Waals surface area contributed by atoms with Crippen molar-refractivity contribution in [2.24, 2.45) is 5.92 Å². The van der Waals surface area contributed by atoms with Crippen molar-refractivity contribution in [1.29, 1.82) is 0 Å². The van der Waals surface area contributed by atoms with Crippen LogP contribution in [0.5, 0.6) is 11.5 Å². The predicted octanol–water partition coefficient (Wildman–Crippen LogP) is 1.43. The highest BCUT2D eigenvalue weighted by Crippen LogP contribution is 2.34. The molecule has 2 atom stereocenters. The number of likely N-dealkylation sites (tertiary alicyclic amines) is 1. The molecule has 1 fully saturated rings. The maximum absolute atomic E-state index is 11.3. The van der Waals surface area contributed by atoms with E-state index < -0.39 is 0 Å². The average Bonchev–Trinajstić information content (AvgIpc) is 2.46. The number of methoxy groups -OCH3 is 2. The highest BCUT2D eigenvalue weighted by atomic mass is 16.6. The van der Waals surface area contributed by atoms with Crippen LogP contribution in [0.1, 0.15) is 25.3 Å². The molecule has 0 radical (unpaired) electrons. The summed E-state index contributed by atoms with van der Waals surface area (Å²) < 4.78 is 10.4. The van der Waals surface area contributed by atoms with E-state index in [2.05, 4.69) is 6.92 Å². The van der Waals surface area contributed by atoms with Crippen LogP contribution in [0.15, 0.2) is 12.1 Å². The van der Waals surface area contributed by atoms with Crippen molar-refractivity contribution in [2.45, 2.75) is 26.3 Å². The normalized spacial score (nSPS) is 21.9. The maximum Gasteiger partial charge on any atom is 0.282 e. The topological polar surface area (TPSA) is 66.0 Å². The molecule has 0 spiro atoms. The number of nitro groups is 1. The Hall–Kier alpha value is -1.82. The number of hydrogen-bond donors (Lipinski definition) is 1. The van der Waals surface area contributed by atoms with Crippen LogP contribution >= 0.6 is 0 Å². The zero-order valence-corrected chi connectivity index (χ0v) is 12.8. The van der Waals surface area contributed by atoms with Crippen molar-refractivity contribution in [2.75, 3.05) is 27.3 Å². The molecule has 6 heteroatoms. The van der Waals surface area contributed by atoms with E-state index in [1.165, 1.54) is 30.9 Å². The summed E-state index contributed by atoms with van der Waals surface area (Å²) in [4.78, 5) is 12.3. The van der Waals surface area contributed by atoms with Gasteiger partial charge in [0.2, 0.25) is 0 Å². The Morgan fingerprint density at radius 3 is 2.57 bits per heavy atom. The van der Waals surface area contributed by atoms with Gasteiger partial charge in [-0.3, -0.25) is 10.1 Å². The summed E-state index contributed by atoms with van der Waals surface area (Å²) >= 11 is 0. The summed E-state index contributed by atoms with van der Waals surface area (Å²) in [7, 11) is 3.03. The van der Waals surface area contributed by atoms with Gasteiger partial charge in [-0.1, -0.05) is 6.92 Å². The van der Waals surface area contributed by atoms with Crippen LogP contribution in [-0.4, -0.2) is 32.2 Å². The number of nitrogens with zero attached hydrogens (tertiary/aromatic N) is 1. The molecule has 1 heterocycles. The van der Waals surface area contributed by atoms with Gasteiger partial charge >= 0.3 is 0 Å². The third kappa shape index (κ3) is 3.64. The minimum Gasteiger partial charge on any atom is -0.493 e. The quantitative estimate of drug-likeness (QED) is 0.659. The lowest BCUT2D eigenvalue weighted by Gasteiger charge is -2.27. The minimum absolute atomic E-state index is 0.110. The fraction of sp³-hybridized carbons (Fsp3) is 0.600. The highest BCUT2D eigenvalue weighted by Gasteiger charge is 2.25. The molecule has 1 aromatic rings. The molecule has 0 saturated carbocycles. The molecule has 116 valence electrons. The van der Waals surface area contributed by atoms with E-state index in [1.54, 1.807) is 13.2 Å². The summed E-state index contributed by atoms with van der Waals surface area (Å²) in [5.74, 6) is 1.62. The Bertz CT molecular complexity index is 519. The summed E-state index contributed by atoms with van der Waals surface area (Å²) in [6.45, 7) is 5.02. The highest BCUT2D eigenvalue weighted by molar-refractivity contribution is 5.54. The Morgan fingerprint density at radius 2 is 2.00 bits per heavy atom. The number of rotatable bonds is 5. The van der Waals surface area contributed by atoms with E-state index >= 15 is 0 Å². The second kappa shape index (κ2) is 6.76. The molecule has 1 aromatic carbocycles. The molecule has 0 amide bonds. The van der Waals surface area contributed by atoms with Crippen LogP contribution in [0.4, 0.5) is 5.69 Å². The number of ether oxygens (including phenoxy) is 2. The van der Waals surface area contributed by atoms with E-state index in [1.807, 2.05) is 0 Å². The Morgan fingerprint density at radius 1 is 1.33 bits per heavy atom. The molecule has 2 rings (SSSR count). The maximum atomic E-state index is 11.3. The van der Waals surface area contributed by atoms with Crippen LogP contribution in [0.2, 0.25) is 0 Å². The first kappa shape index (κ1) is 15.6. The van der Waals surface area contributed by atoms with E-state index in [0.717, 1.165) is 13.1 Å². The van der Waals surface area contributed by atoms with Crippen molar-refractivity contribution in [1.82, 2.24) is 0 Å². The standard InChI is InChI=1S/C15H22N2O4/c1-11-5-4-6-16(9-11)10-12-7-14(20-2)15(21-3)8-13(12)17(18)19/h7-8,11H,4-6,9-10H2,1-3H3/p+1/t11-/m1/s1. The molecule has 1 N–H and O–H groups in total. The Labute approximate surface area is 124 Å². The molecular formula is C15H23N2O4+. The average molecular weight is 295 g/mol. The lowest BCUT2D eigenvalue weighted by molar-refractivity contribution is -0.922. The van der Waals surface area contributed by atoms with Crippen LogP contribution in [-0.2, 0) is 6.54 Å². The van der Waals surface area contributed by atoms with Gasteiger partial charge in [0.25, 0.3) is 5.69 Å². The van der Waals surface area contributed by atoms with Crippen LogP contribution < -0.4 is 14.4 Å². The van der Waals surface area contributed by atoms with Gasteiger partial charge in [0.15, 0.2) is 11.5 Å². The fourth-order valence-corrected chi connectivity index (χ4v) is 3.05. The number of quaternary nitrogens is 1. The second-order valence-corrected chi connectivity index (χ2v) is 5.72. The van der Waals surface area contributed by atoms with Crippen molar-refractivity contribution in [3.63, 3.8) is 0 Å². The number of piperidine rings is 1. The molecule has 1 saturated heterocycles. The van der Waals surface area contributed by atoms with Gasteiger partial charge in [0, 0.05) is 5.92 Å². The van der Waals surface area contributed by atoms with Gasteiger partial charge in [-0.2, -0.15) is 0 Å². The van der Waals surface area contributed by atoms with Gasteiger partial charge in [-0.15, -0.1) is 0 Å². The van der Waals surface area contributed by atoms with E-state index in [-0.39, 0.29) is 10.6 Å². The Balaban J connectivity index is 2.29. The molecule has 1 aliphatic heterocycles. The monoisotopic (exact) mass is 295 g/mol. The number of nitrogens with one attached hydrogen (secondary N) is 1. The van der Waals surface area contributed by atoms with Crippen LogP contribution in [0.3, 0.4) is 0 Å². The van der Waals surface area contributed by atoms with Gasteiger partial charge < -0.3 is 14.4 Å². The van der Waals surface area contributed by atoms with Gasteiger partial charge in [0.1, 0.15) is 6.54 Å². The number of nitro benzene ring substituents is 1. The van der Waals surface area contributed by atoms with Crippen molar-refractivity contribution in [3.8, 4) is 11.5 Å². The lowest BCUT2D eigenvalue weighted by atomic mass is 9.99. The van der Waals surface area contributed by atoms with Crippen molar-refractivity contribution < 1.29 is 19.3 Å². The summed E-state index contributed by atoms with van der Waals surface area (Å²) in [5, 5.41) is 11.3. The van der Waals surface area contributed by atoms with E-state index in [0.29, 0.717) is 29.5 Å². The third-order valence-electron chi connectivity index (χ3n) is 4.09. The summed E-state index contributed by atoms with van der Waals surface area (Å²) in [6, 6.07) is 3.20. The molecular weight excluding hydrogens is 272 g/mol. The van der Waals surface area contributed by atoms with Crippen LogP contribution in [0.25, 0.3) is 0 Å². The molecule has 0 bridgehead atoms. The van der Waals surface area contributed by atoms with Gasteiger partial charge in [-0.25, -0.2) is 0 Å². The van der Waals surface area contributed by atoms with E-state index in [9.17, 15) is 10.1 Å². The zero-order valence-electron chi connectivity index (χ0n) is 12.8.